The number of ether oxygens (including phenoxy) is 6. The Hall–Kier alpha value is -2.14. The first-order valence-electron chi connectivity index (χ1n) is 11.8. The fourth-order valence-electron chi connectivity index (χ4n) is 3.01. The molecule has 0 spiro atoms. The highest BCUT2D eigenvalue weighted by molar-refractivity contribution is 14.1. The van der Waals surface area contributed by atoms with Gasteiger partial charge in [0.05, 0.1) is 46.7 Å². The summed E-state index contributed by atoms with van der Waals surface area (Å²) in [6, 6.07) is 6.97. The van der Waals surface area contributed by atoms with Gasteiger partial charge in [0, 0.05) is 52.7 Å². The maximum absolute atomic E-state index is 12.0. The van der Waals surface area contributed by atoms with Crippen LogP contribution in [-0.4, -0.2) is 98.6 Å². The molecule has 0 saturated carbocycles. The molecule has 0 aromatic heterocycles. The molecule has 12 heteroatoms. The summed E-state index contributed by atoms with van der Waals surface area (Å²) >= 11 is 4.25. The lowest BCUT2D eigenvalue weighted by Crippen LogP contribution is -2.30. The number of ketones is 2. The number of benzene rings is 2. The molecule has 0 bridgehead atoms. The van der Waals surface area contributed by atoms with E-state index in [0.29, 0.717) is 34.1 Å². The van der Waals surface area contributed by atoms with Crippen LogP contribution in [0.4, 0.5) is 0 Å². The van der Waals surface area contributed by atoms with Gasteiger partial charge in [-0.3, -0.25) is 14.5 Å². The van der Waals surface area contributed by atoms with E-state index in [2.05, 4.69) is 45.2 Å². The summed E-state index contributed by atoms with van der Waals surface area (Å²) < 4.78 is 32.1. The van der Waals surface area contributed by atoms with E-state index in [0.717, 1.165) is 7.14 Å². The van der Waals surface area contributed by atoms with Gasteiger partial charge in [-0.2, -0.15) is 0 Å². The van der Waals surface area contributed by atoms with Crippen molar-refractivity contribution in [3.8, 4) is 23.0 Å². The number of nitrogens with zero attached hydrogens (tertiary/aromatic N) is 2. The van der Waals surface area contributed by atoms with E-state index in [9.17, 15) is 9.59 Å². The van der Waals surface area contributed by atoms with Crippen molar-refractivity contribution in [3.63, 3.8) is 0 Å². The molecule has 0 N–H and O–H groups in total. The fourth-order valence-corrected chi connectivity index (χ4v) is 4.39. The van der Waals surface area contributed by atoms with Crippen LogP contribution in [0.3, 0.4) is 0 Å². The minimum absolute atomic E-state index is 0.0116. The highest BCUT2D eigenvalue weighted by Crippen LogP contribution is 2.31. The van der Waals surface area contributed by atoms with Crippen molar-refractivity contribution in [3.05, 3.63) is 54.8 Å². The molecule has 0 aliphatic rings. The van der Waals surface area contributed by atoms with Gasteiger partial charge in [-0.05, 0) is 78.3 Å². The number of methoxy groups -OCH3 is 6. The Morgan fingerprint density at radius 3 is 1.40 bits per heavy atom. The summed E-state index contributed by atoms with van der Waals surface area (Å²) in [4.78, 5) is 26.9. The van der Waals surface area contributed by atoms with Crippen LogP contribution in [0.5, 0.6) is 23.0 Å². The van der Waals surface area contributed by atoms with E-state index < -0.39 is 0 Å². The van der Waals surface area contributed by atoms with E-state index in [1.807, 2.05) is 33.1 Å². The summed E-state index contributed by atoms with van der Waals surface area (Å²) in [5.74, 6) is 2.37. The Morgan fingerprint density at radius 1 is 0.700 bits per heavy atom. The van der Waals surface area contributed by atoms with Gasteiger partial charge in [-0.1, -0.05) is 0 Å². The summed E-state index contributed by atoms with van der Waals surface area (Å²) in [5, 5.41) is 0. The first-order chi connectivity index (χ1) is 18.8. The van der Waals surface area contributed by atoms with Crippen LogP contribution in [0.25, 0.3) is 0 Å². The largest absolute Gasteiger partial charge is 0.496 e. The van der Waals surface area contributed by atoms with Crippen molar-refractivity contribution in [2.24, 2.45) is 0 Å². The van der Waals surface area contributed by atoms with Crippen LogP contribution in [0.1, 0.15) is 27.6 Å². The smallest absolute Gasteiger partial charge is 0.217 e. The first kappa shape index (κ1) is 37.9. The fraction of sp³-hybridized carbons (Fsp3) is 0.429. The average molecular weight is 786 g/mol. The third-order valence-corrected chi connectivity index (χ3v) is 6.63. The minimum Gasteiger partial charge on any atom is -0.496 e. The van der Waals surface area contributed by atoms with Gasteiger partial charge in [0.15, 0.2) is 11.6 Å². The number of allylic oxidation sites excluding steroid dienone is 1. The summed E-state index contributed by atoms with van der Waals surface area (Å²) in [7, 11) is 17.0. The molecule has 10 nitrogen and oxygen atoms in total. The molecule has 0 heterocycles. The lowest BCUT2D eigenvalue weighted by molar-refractivity contribution is -0.179. The Bertz CT molecular complexity index is 1120. The van der Waals surface area contributed by atoms with Crippen LogP contribution in [0.15, 0.2) is 36.5 Å². The van der Waals surface area contributed by atoms with Crippen molar-refractivity contribution in [1.82, 2.24) is 9.80 Å². The van der Waals surface area contributed by atoms with Gasteiger partial charge in [0.2, 0.25) is 6.41 Å². The van der Waals surface area contributed by atoms with Crippen LogP contribution < -0.4 is 18.9 Å². The Morgan fingerprint density at radius 2 is 1.10 bits per heavy atom. The van der Waals surface area contributed by atoms with E-state index in [1.165, 1.54) is 27.2 Å². The van der Waals surface area contributed by atoms with E-state index in [-0.39, 0.29) is 18.0 Å². The Kier molecular flexibility index (Phi) is 18.8. The number of halogens is 2. The van der Waals surface area contributed by atoms with Crippen molar-refractivity contribution in [2.75, 3.05) is 70.8 Å². The zero-order chi connectivity index (χ0) is 31.0. The quantitative estimate of drug-likeness (QED) is 0.131. The second-order valence-electron chi connectivity index (χ2n) is 8.32. The van der Waals surface area contributed by atoms with Gasteiger partial charge in [-0.15, -0.1) is 0 Å². The zero-order valence-electron chi connectivity index (χ0n) is 25.0. The predicted octanol–water partition coefficient (Wildman–Crippen LogP) is 5.20. The van der Waals surface area contributed by atoms with Gasteiger partial charge in [0.1, 0.15) is 23.0 Å². The van der Waals surface area contributed by atoms with Gasteiger partial charge >= 0.3 is 0 Å². The number of Topliss-reactive ketones (excluding diaryl/α,β-unsaturated/α-hetero) is 1. The summed E-state index contributed by atoms with van der Waals surface area (Å²) in [5.41, 5.74) is 1.11. The monoisotopic (exact) mass is 786 g/mol. The van der Waals surface area contributed by atoms with Gasteiger partial charge < -0.3 is 33.3 Å². The molecule has 0 saturated heterocycles. The lowest BCUT2D eigenvalue weighted by atomic mass is 10.1. The lowest BCUT2D eigenvalue weighted by Gasteiger charge is -2.19. The molecule has 2 aromatic carbocycles. The summed E-state index contributed by atoms with van der Waals surface area (Å²) in [6.45, 7) is 1.51. The zero-order valence-corrected chi connectivity index (χ0v) is 29.3. The average Bonchev–Trinajstić information content (AvgIpc) is 2.92. The molecule has 2 aromatic rings. The predicted molar refractivity (Wildman–Crippen MR) is 173 cm³/mol. The van der Waals surface area contributed by atoms with Gasteiger partial charge in [-0.25, -0.2) is 0 Å². The van der Waals surface area contributed by atoms with Crippen molar-refractivity contribution in [2.45, 2.75) is 13.3 Å². The molecular weight excluding hydrogens is 746 g/mol. The molecule has 0 amide bonds. The Balaban J connectivity index is 0.000000614. The maximum Gasteiger partial charge on any atom is 0.217 e. The number of carbonyl (C=O) groups excluding carboxylic acids is 2. The molecule has 0 atom stereocenters. The van der Waals surface area contributed by atoms with Crippen LogP contribution >= 0.6 is 45.2 Å². The second kappa shape index (κ2) is 19.9. The number of rotatable bonds is 11. The molecule has 2 rings (SSSR count). The normalized spacial score (nSPS) is 10.4. The molecule has 224 valence electrons. The van der Waals surface area contributed by atoms with Gasteiger partial charge in [0.25, 0.3) is 0 Å². The number of carbonyl (C=O) groups is 2. The maximum atomic E-state index is 12.0. The van der Waals surface area contributed by atoms with Crippen LogP contribution in [-0.2, 0) is 9.47 Å². The molecule has 0 aliphatic carbocycles. The number of hydrogen-bond acceptors (Lipinski definition) is 10. The molecule has 40 heavy (non-hydrogen) atoms. The molecule has 0 unspecified atom stereocenters. The molecule has 0 aliphatic heterocycles. The SMILES string of the molecule is COC(OC)N(C)C.COc1cc(OC)c(C(=O)/C=C/N(C)C)cc1I.COc1cc(OC)c(C(C)=O)cc1I. The van der Waals surface area contributed by atoms with Crippen molar-refractivity contribution >= 4 is 56.7 Å². The Labute approximate surface area is 265 Å². The minimum atomic E-state index is -0.213. The van der Waals surface area contributed by atoms with E-state index in [1.54, 1.807) is 63.8 Å². The van der Waals surface area contributed by atoms with E-state index in [4.69, 9.17) is 28.4 Å². The first-order valence-corrected chi connectivity index (χ1v) is 13.9. The van der Waals surface area contributed by atoms with Crippen LogP contribution in [0, 0.1) is 7.14 Å². The highest BCUT2D eigenvalue weighted by atomic mass is 127. The third-order valence-electron chi connectivity index (χ3n) is 4.94. The standard InChI is InChI=1S/C13H16INO3.C10H11IO3.C5H13NO2/c1-15(2)6-5-11(16)9-7-10(14)13(18-4)8-12(9)17-3;1-6(12)7-4-8(11)10(14-3)5-9(7)13-2;1-6(2)5(7-3)8-4/h5-8H,1-4H3;4-5H,1-3H3;5H,1-4H3/b6-5+;;. The van der Waals surface area contributed by atoms with Crippen molar-refractivity contribution in [1.29, 1.82) is 0 Å². The highest BCUT2D eigenvalue weighted by Gasteiger charge is 2.14. The second-order valence-corrected chi connectivity index (χ2v) is 10.6. The van der Waals surface area contributed by atoms with Crippen molar-refractivity contribution < 1.29 is 38.0 Å². The van der Waals surface area contributed by atoms with Crippen LogP contribution in [0.2, 0.25) is 0 Å². The molecule has 0 radical (unpaired) electrons. The van der Waals surface area contributed by atoms with E-state index >= 15 is 0 Å². The third kappa shape index (κ3) is 12.6. The summed E-state index contributed by atoms with van der Waals surface area (Å²) in [6.07, 6.45) is 3.01. The number of hydrogen-bond donors (Lipinski definition) is 0. The molecule has 0 fully saturated rings. The topological polar surface area (TPSA) is 96.0 Å². The molecular formula is C28H40I2N2O8.